The van der Waals surface area contributed by atoms with Crippen LogP contribution >= 0.6 is 34.9 Å². The zero-order valence-corrected chi connectivity index (χ0v) is 14.3. The molecule has 0 bridgehead atoms. The number of hydrogen-bond donors (Lipinski definition) is 2. The lowest BCUT2D eigenvalue weighted by molar-refractivity contribution is -0.119. The van der Waals surface area contributed by atoms with Gasteiger partial charge in [0.1, 0.15) is 5.25 Å². The standard InChI is InChI=1S/C13H14N4O2S3/c1-14-11(19)15-10(18)9(8-6-4-3-5-7-8)21-13-17-16-12(20-2)22-13/h3-7,9H,1-2H3,(H2,14,15,18,19)/t9-/m0/s1. The van der Waals surface area contributed by atoms with Crippen molar-refractivity contribution in [3.63, 3.8) is 0 Å². The van der Waals surface area contributed by atoms with Crippen LogP contribution in [0.5, 0.6) is 0 Å². The summed E-state index contributed by atoms with van der Waals surface area (Å²) in [5.74, 6) is -0.392. The van der Waals surface area contributed by atoms with Crippen molar-refractivity contribution in [2.24, 2.45) is 0 Å². The number of aromatic nitrogens is 2. The number of hydrogen-bond acceptors (Lipinski definition) is 7. The van der Waals surface area contributed by atoms with Gasteiger partial charge in [0.15, 0.2) is 8.68 Å². The van der Waals surface area contributed by atoms with Crippen LogP contribution in [-0.2, 0) is 4.79 Å². The normalized spacial score (nSPS) is 11.7. The third-order valence-corrected chi connectivity index (χ3v) is 5.82. The molecule has 116 valence electrons. The molecule has 0 saturated carbocycles. The number of amides is 3. The summed E-state index contributed by atoms with van der Waals surface area (Å²) < 4.78 is 1.52. The number of nitrogens with one attached hydrogen (secondary N) is 2. The molecular weight excluding hydrogens is 340 g/mol. The molecule has 0 fully saturated rings. The van der Waals surface area contributed by atoms with Crippen molar-refractivity contribution in [1.82, 2.24) is 20.8 Å². The van der Waals surface area contributed by atoms with Crippen LogP contribution in [0, 0.1) is 0 Å². The molecule has 3 amide bonds. The first-order chi connectivity index (χ1) is 10.6. The summed E-state index contributed by atoms with van der Waals surface area (Å²) in [6, 6.07) is 8.73. The second kappa shape index (κ2) is 8.16. The zero-order chi connectivity index (χ0) is 15.9. The first kappa shape index (κ1) is 16.8. The highest BCUT2D eigenvalue weighted by molar-refractivity contribution is 8.03. The van der Waals surface area contributed by atoms with Crippen molar-refractivity contribution in [3.05, 3.63) is 35.9 Å². The van der Waals surface area contributed by atoms with Crippen LogP contribution in [0.2, 0.25) is 0 Å². The first-order valence-electron chi connectivity index (χ1n) is 6.25. The van der Waals surface area contributed by atoms with E-state index >= 15 is 0 Å². The van der Waals surface area contributed by atoms with E-state index in [0.717, 1.165) is 9.90 Å². The van der Waals surface area contributed by atoms with Gasteiger partial charge in [-0.3, -0.25) is 10.1 Å². The van der Waals surface area contributed by atoms with E-state index < -0.39 is 17.2 Å². The van der Waals surface area contributed by atoms with E-state index in [-0.39, 0.29) is 0 Å². The second-order valence-corrected chi connectivity index (χ2v) is 7.40. The molecule has 0 aliphatic carbocycles. The van der Waals surface area contributed by atoms with Gasteiger partial charge in [-0.1, -0.05) is 65.2 Å². The lowest BCUT2D eigenvalue weighted by atomic mass is 10.1. The largest absolute Gasteiger partial charge is 0.341 e. The average molecular weight is 354 g/mol. The van der Waals surface area contributed by atoms with E-state index in [1.54, 1.807) is 0 Å². The maximum atomic E-state index is 12.4. The number of rotatable bonds is 5. The van der Waals surface area contributed by atoms with E-state index in [1.165, 1.54) is 41.9 Å². The van der Waals surface area contributed by atoms with Gasteiger partial charge >= 0.3 is 6.03 Å². The number of nitrogens with zero attached hydrogens (tertiary/aromatic N) is 2. The van der Waals surface area contributed by atoms with Crippen LogP contribution in [0.3, 0.4) is 0 Å². The van der Waals surface area contributed by atoms with Gasteiger partial charge in [-0.05, 0) is 11.8 Å². The Hall–Kier alpha value is -1.58. The molecule has 2 rings (SSSR count). The summed E-state index contributed by atoms with van der Waals surface area (Å²) in [4.78, 5) is 23.7. The molecule has 1 heterocycles. The van der Waals surface area contributed by atoms with Gasteiger partial charge in [-0.25, -0.2) is 4.79 Å². The fraction of sp³-hybridized carbons (Fsp3) is 0.231. The second-order valence-electron chi connectivity index (χ2n) is 4.01. The Morgan fingerprint density at radius 2 is 1.86 bits per heavy atom. The molecule has 0 radical (unpaired) electrons. The summed E-state index contributed by atoms with van der Waals surface area (Å²) in [5, 5.41) is 12.2. The monoisotopic (exact) mass is 354 g/mol. The van der Waals surface area contributed by atoms with Crippen molar-refractivity contribution in [1.29, 1.82) is 0 Å². The maximum absolute atomic E-state index is 12.4. The lowest BCUT2D eigenvalue weighted by Crippen LogP contribution is -2.39. The topological polar surface area (TPSA) is 84.0 Å². The van der Waals surface area contributed by atoms with Crippen molar-refractivity contribution >= 4 is 46.8 Å². The fourth-order valence-electron chi connectivity index (χ4n) is 1.57. The Morgan fingerprint density at radius 1 is 1.18 bits per heavy atom. The summed E-state index contributed by atoms with van der Waals surface area (Å²) in [6.07, 6.45) is 1.92. The van der Waals surface area contributed by atoms with Gasteiger partial charge in [0.05, 0.1) is 0 Å². The molecule has 0 unspecified atom stereocenters. The predicted octanol–water partition coefficient (Wildman–Crippen LogP) is 2.55. The SMILES string of the molecule is CNC(=O)NC(=O)[C@@H](Sc1nnc(SC)s1)c1ccccc1. The van der Waals surface area contributed by atoms with E-state index in [2.05, 4.69) is 20.8 Å². The quantitative estimate of drug-likeness (QED) is 0.803. The number of carbonyl (C=O) groups excluding carboxylic acids is 2. The number of imide groups is 1. The molecule has 2 N–H and O–H groups in total. The first-order valence-corrected chi connectivity index (χ1v) is 9.17. The Kier molecular flexibility index (Phi) is 6.22. The molecular formula is C13H14N4O2S3. The molecule has 0 spiro atoms. The van der Waals surface area contributed by atoms with Crippen molar-refractivity contribution in [2.45, 2.75) is 13.9 Å². The van der Waals surface area contributed by atoms with Crippen molar-refractivity contribution < 1.29 is 9.59 Å². The predicted molar refractivity (Wildman–Crippen MR) is 89.3 cm³/mol. The third-order valence-electron chi connectivity index (χ3n) is 2.59. The van der Waals surface area contributed by atoms with Gasteiger partial charge in [0.25, 0.3) is 0 Å². The zero-order valence-electron chi connectivity index (χ0n) is 11.9. The molecule has 22 heavy (non-hydrogen) atoms. The minimum Gasteiger partial charge on any atom is -0.341 e. The van der Waals surface area contributed by atoms with Crippen molar-refractivity contribution in [2.75, 3.05) is 13.3 Å². The van der Waals surface area contributed by atoms with E-state index in [0.29, 0.717) is 4.34 Å². The highest BCUT2D eigenvalue weighted by Crippen LogP contribution is 2.38. The Morgan fingerprint density at radius 3 is 2.45 bits per heavy atom. The minimum atomic E-state index is -0.568. The molecule has 6 nitrogen and oxygen atoms in total. The van der Waals surface area contributed by atoms with Crippen LogP contribution in [0.4, 0.5) is 4.79 Å². The summed E-state index contributed by atoms with van der Waals surface area (Å²) in [6.45, 7) is 0. The molecule has 0 aliphatic rings. The molecule has 1 aromatic carbocycles. The van der Waals surface area contributed by atoms with E-state index in [4.69, 9.17) is 0 Å². The lowest BCUT2D eigenvalue weighted by Gasteiger charge is -2.14. The van der Waals surface area contributed by atoms with Crippen LogP contribution in [0.15, 0.2) is 39.0 Å². The van der Waals surface area contributed by atoms with Crippen LogP contribution < -0.4 is 10.6 Å². The highest BCUT2D eigenvalue weighted by atomic mass is 32.2. The van der Waals surface area contributed by atoms with Crippen LogP contribution in [-0.4, -0.2) is 35.4 Å². The van der Waals surface area contributed by atoms with Gasteiger partial charge in [0, 0.05) is 7.05 Å². The molecule has 1 aromatic heterocycles. The minimum absolute atomic E-state index is 0.392. The van der Waals surface area contributed by atoms with Gasteiger partial charge in [-0.2, -0.15) is 0 Å². The maximum Gasteiger partial charge on any atom is 0.321 e. The number of urea groups is 1. The summed E-state index contributed by atoms with van der Waals surface area (Å²) in [7, 11) is 1.46. The number of carbonyl (C=O) groups is 2. The number of thioether (sulfide) groups is 2. The van der Waals surface area contributed by atoms with Gasteiger partial charge in [-0.15, -0.1) is 10.2 Å². The molecule has 9 heteroatoms. The van der Waals surface area contributed by atoms with Gasteiger partial charge in [0.2, 0.25) is 5.91 Å². The average Bonchev–Trinajstić information content (AvgIpc) is 3.01. The molecule has 2 aromatic rings. The van der Waals surface area contributed by atoms with Gasteiger partial charge < -0.3 is 5.32 Å². The molecule has 1 atom stereocenters. The number of benzene rings is 1. The smallest absolute Gasteiger partial charge is 0.321 e. The van der Waals surface area contributed by atoms with Crippen molar-refractivity contribution in [3.8, 4) is 0 Å². The third kappa shape index (κ3) is 4.46. The Bertz CT molecular complexity index is 648. The summed E-state index contributed by atoms with van der Waals surface area (Å²) >= 11 is 4.20. The highest BCUT2D eigenvalue weighted by Gasteiger charge is 2.25. The van der Waals surface area contributed by atoms with E-state index in [1.807, 2.05) is 36.6 Å². The Balaban J connectivity index is 2.21. The molecule has 0 saturated heterocycles. The Labute approximate surface area is 140 Å². The van der Waals surface area contributed by atoms with E-state index in [9.17, 15) is 9.59 Å². The van der Waals surface area contributed by atoms with Crippen LogP contribution in [0.1, 0.15) is 10.8 Å². The molecule has 0 aliphatic heterocycles. The summed E-state index contributed by atoms with van der Waals surface area (Å²) in [5.41, 5.74) is 0.801. The fourth-order valence-corrected chi connectivity index (χ4v) is 4.20. The van der Waals surface area contributed by atoms with Crippen LogP contribution in [0.25, 0.3) is 0 Å².